The molecule has 7 heteroatoms. The molecule has 1 aromatic rings. The molecule has 0 aliphatic heterocycles. The van der Waals surface area contributed by atoms with Crippen LogP contribution >= 0.6 is 15.9 Å². The summed E-state index contributed by atoms with van der Waals surface area (Å²) in [6.45, 7) is 0.00217. The van der Waals surface area contributed by atoms with Crippen molar-refractivity contribution < 1.29 is 12.8 Å². The highest BCUT2D eigenvalue weighted by Crippen LogP contribution is 2.45. The van der Waals surface area contributed by atoms with Gasteiger partial charge in [-0.05, 0) is 36.6 Å². The van der Waals surface area contributed by atoms with Gasteiger partial charge in [-0.3, -0.25) is 0 Å². The molecule has 0 unspecified atom stereocenters. The molecule has 1 aliphatic rings. The van der Waals surface area contributed by atoms with Crippen molar-refractivity contribution in [2.45, 2.75) is 19.4 Å². The lowest BCUT2D eigenvalue weighted by Gasteiger charge is -2.10. The molecule has 0 radical (unpaired) electrons. The molecule has 1 saturated carbocycles. The fraction of sp³-hybridized carbons (Fsp3) is 0.417. The number of halogens is 2. The van der Waals surface area contributed by atoms with Crippen LogP contribution in [-0.4, -0.2) is 14.2 Å². The summed E-state index contributed by atoms with van der Waals surface area (Å²) in [5.74, 6) is -0.614. The molecule has 0 spiro atoms. The quantitative estimate of drug-likeness (QED) is 0.889. The summed E-state index contributed by atoms with van der Waals surface area (Å²) in [7, 11) is -3.53. The van der Waals surface area contributed by atoms with Gasteiger partial charge in [-0.15, -0.1) is 0 Å². The van der Waals surface area contributed by atoms with Crippen LogP contribution < -0.4 is 4.72 Å². The minimum atomic E-state index is -3.53. The molecule has 0 atom stereocenters. The number of hydrogen-bond donors (Lipinski definition) is 1. The smallest absolute Gasteiger partial charge is 0.212 e. The molecule has 1 aromatic carbocycles. The Labute approximate surface area is 119 Å². The van der Waals surface area contributed by atoms with E-state index in [2.05, 4.69) is 20.7 Å². The Kier molecular flexibility index (Phi) is 3.95. The van der Waals surface area contributed by atoms with E-state index in [4.69, 9.17) is 5.26 Å². The van der Waals surface area contributed by atoms with Crippen LogP contribution in [0.25, 0.3) is 0 Å². The number of benzene rings is 1. The summed E-state index contributed by atoms with van der Waals surface area (Å²) in [4.78, 5) is 0. The van der Waals surface area contributed by atoms with Gasteiger partial charge in [-0.2, -0.15) is 5.26 Å². The Morgan fingerprint density at radius 1 is 1.47 bits per heavy atom. The molecular weight excluding hydrogens is 335 g/mol. The Balaban J connectivity index is 2.02. The maximum atomic E-state index is 13.1. The van der Waals surface area contributed by atoms with Gasteiger partial charge in [0, 0.05) is 11.0 Å². The van der Waals surface area contributed by atoms with Gasteiger partial charge in [0.15, 0.2) is 0 Å². The van der Waals surface area contributed by atoms with Crippen LogP contribution in [0.1, 0.15) is 18.4 Å². The first-order valence-electron chi connectivity index (χ1n) is 5.68. The Morgan fingerprint density at radius 3 is 2.74 bits per heavy atom. The van der Waals surface area contributed by atoms with Crippen molar-refractivity contribution in [3.05, 3.63) is 34.1 Å². The van der Waals surface area contributed by atoms with Crippen molar-refractivity contribution in [1.29, 1.82) is 5.26 Å². The number of sulfonamides is 1. The molecule has 1 fully saturated rings. The largest absolute Gasteiger partial charge is 0.213 e. The number of nitrogens with zero attached hydrogens (tertiary/aromatic N) is 1. The third-order valence-electron chi connectivity index (χ3n) is 3.05. The van der Waals surface area contributed by atoms with Crippen LogP contribution in [0.5, 0.6) is 0 Å². The van der Waals surface area contributed by atoms with E-state index in [1.54, 1.807) is 0 Å². The monoisotopic (exact) mass is 346 g/mol. The maximum Gasteiger partial charge on any atom is 0.213 e. The van der Waals surface area contributed by atoms with Crippen LogP contribution in [0, 0.1) is 22.6 Å². The summed E-state index contributed by atoms with van der Waals surface area (Å²) in [5, 5.41) is 8.89. The second-order valence-electron chi connectivity index (χ2n) is 4.71. The van der Waals surface area contributed by atoms with Crippen molar-refractivity contribution in [2.24, 2.45) is 5.41 Å². The van der Waals surface area contributed by atoms with Gasteiger partial charge in [-0.25, -0.2) is 17.5 Å². The van der Waals surface area contributed by atoms with Crippen molar-refractivity contribution in [3.8, 4) is 6.07 Å². The third-order valence-corrected chi connectivity index (χ3v) is 5.34. The predicted molar refractivity (Wildman–Crippen MR) is 72.0 cm³/mol. The molecule has 1 N–H and O–H groups in total. The van der Waals surface area contributed by atoms with Crippen molar-refractivity contribution in [2.75, 3.05) is 5.75 Å². The van der Waals surface area contributed by atoms with Crippen molar-refractivity contribution in [3.63, 3.8) is 0 Å². The van der Waals surface area contributed by atoms with Crippen LogP contribution in [-0.2, 0) is 16.6 Å². The minimum absolute atomic E-state index is 0.00217. The molecule has 2 rings (SSSR count). The Morgan fingerprint density at radius 2 is 2.16 bits per heavy atom. The molecule has 102 valence electrons. The fourth-order valence-corrected chi connectivity index (χ4v) is 3.67. The van der Waals surface area contributed by atoms with E-state index in [9.17, 15) is 12.8 Å². The van der Waals surface area contributed by atoms with Crippen LogP contribution in [0.3, 0.4) is 0 Å². The van der Waals surface area contributed by atoms with Crippen LogP contribution in [0.2, 0.25) is 0 Å². The first-order valence-corrected chi connectivity index (χ1v) is 8.13. The van der Waals surface area contributed by atoms with Crippen molar-refractivity contribution >= 4 is 26.0 Å². The molecule has 0 heterocycles. The van der Waals surface area contributed by atoms with E-state index in [1.165, 1.54) is 18.2 Å². The van der Waals surface area contributed by atoms with E-state index in [0.29, 0.717) is 22.9 Å². The number of hydrogen-bond acceptors (Lipinski definition) is 3. The molecule has 1 aliphatic carbocycles. The lowest BCUT2D eigenvalue weighted by Crippen LogP contribution is -2.30. The highest BCUT2D eigenvalue weighted by molar-refractivity contribution is 9.10. The van der Waals surface area contributed by atoms with Gasteiger partial charge < -0.3 is 0 Å². The lowest BCUT2D eigenvalue weighted by molar-refractivity contribution is 0.568. The summed E-state index contributed by atoms with van der Waals surface area (Å²) >= 11 is 3.23. The highest BCUT2D eigenvalue weighted by atomic mass is 79.9. The van der Waals surface area contributed by atoms with Gasteiger partial charge >= 0.3 is 0 Å². The first-order chi connectivity index (χ1) is 8.86. The van der Waals surface area contributed by atoms with E-state index in [-0.39, 0.29) is 12.3 Å². The average Bonchev–Trinajstić information content (AvgIpc) is 3.10. The fourth-order valence-electron chi connectivity index (χ4n) is 1.72. The average molecular weight is 347 g/mol. The molecule has 0 aromatic heterocycles. The zero-order valence-electron chi connectivity index (χ0n) is 9.99. The molecule has 0 amide bonds. The zero-order chi connectivity index (χ0) is 14.1. The van der Waals surface area contributed by atoms with E-state index in [1.807, 2.05) is 6.07 Å². The van der Waals surface area contributed by atoms with Gasteiger partial charge in [0.25, 0.3) is 0 Å². The first kappa shape index (κ1) is 14.4. The van der Waals surface area contributed by atoms with Crippen LogP contribution in [0.15, 0.2) is 22.7 Å². The second kappa shape index (κ2) is 5.19. The molecule has 0 bridgehead atoms. The lowest BCUT2D eigenvalue weighted by atomic mass is 10.2. The van der Waals surface area contributed by atoms with E-state index < -0.39 is 21.3 Å². The standard InChI is InChI=1S/C12H12BrFN2O2S/c13-11-2-1-10(14)5-9(11)6-16-19(17,18)8-12(7-15)3-4-12/h1-2,5,16H,3-4,6,8H2. The van der Waals surface area contributed by atoms with Crippen LogP contribution in [0.4, 0.5) is 4.39 Å². The molecule has 4 nitrogen and oxygen atoms in total. The summed E-state index contributed by atoms with van der Waals surface area (Å²) < 4.78 is 39.8. The Bertz CT molecular complexity index is 636. The van der Waals surface area contributed by atoms with Gasteiger partial charge in [0.05, 0.1) is 17.2 Å². The molecule has 19 heavy (non-hydrogen) atoms. The van der Waals surface area contributed by atoms with Gasteiger partial charge in [0.2, 0.25) is 10.0 Å². The third kappa shape index (κ3) is 3.75. The van der Waals surface area contributed by atoms with Gasteiger partial charge in [0.1, 0.15) is 5.82 Å². The normalized spacial score (nSPS) is 16.9. The minimum Gasteiger partial charge on any atom is -0.212 e. The SMILES string of the molecule is N#CC1(CS(=O)(=O)NCc2cc(F)ccc2Br)CC1. The predicted octanol–water partition coefficient (Wildman–Crippen LogP) is 2.31. The molecule has 0 saturated heterocycles. The highest BCUT2D eigenvalue weighted by Gasteiger charge is 2.46. The number of rotatable bonds is 5. The molecular formula is C12H12BrFN2O2S. The summed E-state index contributed by atoms with van der Waals surface area (Å²) in [6, 6.07) is 6.12. The van der Waals surface area contributed by atoms with E-state index >= 15 is 0 Å². The summed E-state index contributed by atoms with van der Waals surface area (Å²) in [5.41, 5.74) is -0.198. The number of nitriles is 1. The van der Waals surface area contributed by atoms with Gasteiger partial charge in [-0.1, -0.05) is 15.9 Å². The number of nitrogens with one attached hydrogen (secondary N) is 1. The van der Waals surface area contributed by atoms with Crippen molar-refractivity contribution in [1.82, 2.24) is 4.72 Å². The topological polar surface area (TPSA) is 70.0 Å². The maximum absolute atomic E-state index is 13.1. The van der Waals surface area contributed by atoms with E-state index in [0.717, 1.165) is 0 Å². The zero-order valence-corrected chi connectivity index (χ0v) is 12.4. The second-order valence-corrected chi connectivity index (χ2v) is 7.37. The summed E-state index contributed by atoms with van der Waals surface area (Å²) in [6.07, 6.45) is 1.24. The Hall–Kier alpha value is -0.970.